The van der Waals surface area contributed by atoms with Gasteiger partial charge in [-0.2, -0.15) is 0 Å². The van der Waals surface area contributed by atoms with Gasteiger partial charge in [-0.15, -0.1) is 0 Å². The summed E-state index contributed by atoms with van der Waals surface area (Å²) in [5.74, 6) is 0.411. The number of carbonyl (C=O) groups excluding carboxylic acids is 1. The van der Waals surface area contributed by atoms with Gasteiger partial charge in [-0.05, 0) is 23.3 Å². The number of halogens is 1. The predicted molar refractivity (Wildman–Crippen MR) is 163 cm³/mol. The Morgan fingerprint density at radius 1 is 0.732 bits per heavy atom. The molecule has 0 radical (unpaired) electrons. The van der Waals surface area contributed by atoms with Crippen LogP contribution in [0.1, 0.15) is 36.8 Å². The number of ether oxygens (including phenoxy) is 1. The van der Waals surface area contributed by atoms with E-state index in [9.17, 15) is 13.2 Å². The Morgan fingerprint density at radius 3 is 1.61 bits per heavy atom. The molecule has 1 N–H and O–H groups in total. The fraction of sp³-hybridized carbons (Fsp3) is 0.406. The molecule has 3 aromatic rings. The molecule has 9 heteroatoms. The Hall–Kier alpha value is -2.59. The number of nitrogens with one attached hydrogen (secondary N) is 1. The normalized spacial score (nSPS) is 19.1. The Balaban J connectivity index is 0.000000147. The zero-order chi connectivity index (χ0) is 29.0. The second kappa shape index (κ2) is 15.6. The van der Waals surface area contributed by atoms with E-state index in [1.807, 2.05) is 6.07 Å². The van der Waals surface area contributed by atoms with Crippen LogP contribution in [0.2, 0.25) is 0 Å². The minimum absolute atomic E-state index is 0.00713. The van der Waals surface area contributed by atoms with Crippen molar-refractivity contribution in [3.63, 3.8) is 0 Å². The van der Waals surface area contributed by atoms with Crippen molar-refractivity contribution in [2.75, 3.05) is 39.3 Å². The van der Waals surface area contributed by atoms with E-state index in [0.717, 1.165) is 78.1 Å². The summed E-state index contributed by atoms with van der Waals surface area (Å²) in [6.07, 6.45) is 3.68. The molecule has 0 saturated carbocycles. The van der Waals surface area contributed by atoms with E-state index < -0.39 is 9.05 Å². The van der Waals surface area contributed by atoms with Crippen LogP contribution in [0.4, 0.5) is 0 Å². The maximum absolute atomic E-state index is 11.0. The highest BCUT2D eigenvalue weighted by Crippen LogP contribution is 2.27. The van der Waals surface area contributed by atoms with Crippen LogP contribution in [0.5, 0.6) is 0 Å². The maximum atomic E-state index is 11.0. The number of likely N-dealkylation sites (tertiary alicyclic amines) is 2. The number of ketones is 1. The number of hydrogen-bond acceptors (Lipinski definition) is 7. The molecule has 6 rings (SSSR count). The van der Waals surface area contributed by atoms with Crippen molar-refractivity contribution in [2.45, 2.75) is 49.4 Å². The highest BCUT2D eigenvalue weighted by atomic mass is 35.7. The van der Waals surface area contributed by atoms with Gasteiger partial charge in [-0.3, -0.25) is 19.9 Å². The number of rotatable bonds is 5. The molecular weight excluding hydrogens is 558 g/mol. The largest absolute Gasteiger partial charge is 0.359 e. The third-order valence-electron chi connectivity index (χ3n) is 7.53. The summed E-state index contributed by atoms with van der Waals surface area (Å²) in [6, 6.07) is 29.0. The van der Waals surface area contributed by atoms with E-state index >= 15 is 0 Å². The summed E-state index contributed by atoms with van der Waals surface area (Å²) in [5.41, 5.74) is 2.75. The van der Waals surface area contributed by atoms with Crippen LogP contribution >= 0.6 is 10.7 Å². The second-order valence-corrected chi connectivity index (χ2v) is 13.1. The Bertz CT molecular complexity index is 1280. The van der Waals surface area contributed by atoms with E-state index in [4.69, 9.17) is 15.4 Å². The van der Waals surface area contributed by atoms with Crippen LogP contribution in [-0.4, -0.2) is 69.1 Å². The molecule has 41 heavy (non-hydrogen) atoms. The van der Waals surface area contributed by atoms with Gasteiger partial charge in [0.15, 0.2) is 0 Å². The molecule has 7 nitrogen and oxygen atoms in total. The first-order chi connectivity index (χ1) is 19.8. The quantitative estimate of drug-likeness (QED) is 0.412. The number of piperidine rings is 2. The zero-order valence-corrected chi connectivity index (χ0v) is 25.0. The monoisotopic (exact) mass is 597 g/mol. The van der Waals surface area contributed by atoms with E-state index in [2.05, 4.69) is 69.7 Å². The third-order valence-corrected chi connectivity index (χ3v) is 8.90. The third kappa shape index (κ3) is 10.6. The summed E-state index contributed by atoms with van der Waals surface area (Å²) in [6.45, 7) is 8.04. The molecular formula is C32H40ClN3O4S. The molecule has 3 aliphatic heterocycles. The Kier molecular flexibility index (Phi) is 11.9. The summed E-state index contributed by atoms with van der Waals surface area (Å²) in [7, 11) is 1.50. The lowest BCUT2D eigenvalue weighted by Gasteiger charge is -2.38. The molecule has 0 unspecified atom stereocenters. The topological polar surface area (TPSA) is 79.0 Å². The van der Waals surface area contributed by atoms with Crippen molar-refractivity contribution in [1.29, 1.82) is 0 Å². The summed E-state index contributed by atoms with van der Waals surface area (Å²) in [5, 5.41) is 3.51. The minimum Gasteiger partial charge on any atom is -0.359 e. The standard InChI is InChI=1S/C14H20N2O.C12H15NO.C6H5ClO2S/c1-2-4-13(5-3-1)12-16-9-6-14(7-10-16)15-8-11-17-14;14-12-6-8-13(9-7-12)10-11-4-2-1-3-5-11;7-10(8,9)6-4-2-1-3-5-6/h1-5,15H,6-12H2;1-5H,6-10H2;1-5H. The summed E-state index contributed by atoms with van der Waals surface area (Å²) >= 11 is 0. The fourth-order valence-corrected chi connectivity index (χ4v) is 5.99. The molecule has 3 fully saturated rings. The maximum Gasteiger partial charge on any atom is 0.261 e. The molecule has 3 heterocycles. The number of nitrogens with zero attached hydrogens (tertiary/aromatic N) is 2. The van der Waals surface area contributed by atoms with E-state index in [-0.39, 0.29) is 10.6 Å². The lowest BCUT2D eigenvalue weighted by atomic mass is 10.0. The number of benzene rings is 3. The van der Waals surface area contributed by atoms with Crippen LogP contribution in [0.3, 0.4) is 0 Å². The van der Waals surface area contributed by atoms with Gasteiger partial charge in [-0.25, -0.2) is 8.42 Å². The van der Waals surface area contributed by atoms with Gasteiger partial charge in [0, 0.05) is 82.2 Å². The fourth-order valence-electron chi connectivity index (χ4n) is 5.20. The number of hydrogen-bond donors (Lipinski definition) is 1. The van der Waals surface area contributed by atoms with Crippen molar-refractivity contribution in [3.05, 3.63) is 102 Å². The van der Waals surface area contributed by atoms with E-state index in [1.165, 1.54) is 23.3 Å². The van der Waals surface area contributed by atoms with Gasteiger partial charge < -0.3 is 4.74 Å². The molecule has 0 aliphatic carbocycles. The molecule has 0 bridgehead atoms. The van der Waals surface area contributed by atoms with E-state index in [1.54, 1.807) is 18.2 Å². The van der Waals surface area contributed by atoms with Crippen molar-refractivity contribution in [2.24, 2.45) is 0 Å². The van der Waals surface area contributed by atoms with Gasteiger partial charge >= 0.3 is 0 Å². The van der Waals surface area contributed by atoms with Crippen LogP contribution in [-0.2, 0) is 31.7 Å². The first-order valence-electron chi connectivity index (χ1n) is 14.2. The van der Waals surface area contributed by atoms with Crippen LogP contribution < -0.4 is 5.32 Å². The molecule has 0 atom stereocenters. The average molecular weight is 598 g/mol. The Labute approximate surface area is 248 Å². The summed E-state index contributed by atoms with van der Waals surface area (Å²) < 4.78 is 27.0. The van der Waals surface area contributed by atoms with Gasteiger partial charge in [0.25, 0.3) is 9.05 Å². The van der Waals surface area contributed by atoms with Crippen molar-refractivity contribution >= 4 is 25.5 Å². The van der Waals surface area contributed by atoms with Gasteiger partial charge in [0.1, 0.15) is 11.5 Å². The molecule has 0 amide bonds. The van der Waals surface area contributed by atoms with Crippen molar-refractivity contribution in [1.82, 2.24) is 15.1 Å². The molecule has 0 aromatic heterocycles. The molecule has 3 saturated heterocycles. The molecule has 3 aromatic carbocycles. The zero-order valence-electron chi connectivity index (χ0n) is 23.5. The SMILES string of the molecule is O=C1CCN(Cc2ccccc2)CC1.O=S(=O)(Cl)c1ccccc1.c1ccc(CN2CCC3(CC2)NCCO3)cc1. The van der Waals surface area contributed by atoms with Crippen LogP contribution in [0, 0.1) is 0 Å². The number of Topliss-reactive ketones (excluding diaryl/α,β-unsaturated/α-hetero) is 1. The minimum atomic E-state index is -3.53. The Morgan fingerprint density at radius 2 is 1.20 bits per heavy atom. The second-order valence-electron chi connectivity index (χ2n) is 10.6. The van der Waals surface area contributed by atoms with E-state index in [0.29, 0.717) is 5.78 Å². The summed E-state index contributed by atoms with van der Waals surface area (Å²) in [4.78, 5) is 16.0. The van der Waals surface area contributed by atoms with Gasteiger partial charge in [-0.1, -0.05) is 78.9 Å². The average Bonchev–Trinajstić information content (AvgIpc) is 3.45. The molecule has 220 valence electrons. The first-order valence-corrected chi connectivity index (χ1v) is 16.6. The highest BCUT2D eigenvalue weighted by Gasteiger charge is 2.37. The highest BCUT2D eigenvalue weighted by molar-refractivity contribution is 8.13. The van der Waals surface area contributed by atoms with Crippen molar-refractivity contribution in [3.8, 4) is 0 Å². The first kappa shape index (κ1) is 31.3. The lowest BCUT2D eigenvalue weighted by molar-refractivity contribution is -0.121. The molecule has 1 spiro atoms. The predicted octanol–water partition coefficient (Wildman–Crippen LogP) is 5.06. The van der Waals surface area contributed by atoms with Gasteiger partial charge in [0.05, 0.1) is 11.5 Å². The number of carbonyl (C=O) groups is 1. The lowest BCUT2D eigenvalue weighted by Crippen LogP contribution is -2.50. The molecule has 3 aliphatic rings. The van der Waals surface area contributed by atoms with Crippen LogP contribution in [0.25, 0.3) is 0 Å². The van der Waals surface area contributed by atoms with Gasteiger partial charge in [0.2, 0.25) is 0 Å². The van der Waals surface area contributed by atoms with Crippen molar-refractivity contribution < 1.29 is 17.9 Å². The smallest absolute Gasteiger partial charge is 0.261 e. The van der Waals surface area contributed by atoms with Crippen LogP contribution in [0.15, 0.2) is 95.9 Å².